The fraction of sp³-hybridized carbons (Fsp3) is 0.120. The van der Waals surface area contributed by atoms with E-state index < -0.39 is 0 Å². The van der Waals surface area contributed by atoms with Gasteiger partial charge in [-0.25, -0.2) is 14.4 Å². The van der Waals surface area contributed by atoms with Gasteiger partial charge in [-0.3, -0.25) is 0 Å². The van der Waals surface area contributed by atoms with E-state index in [-0.39, 0.29) is 5.82 Å². The average Bonchev–Trinajstić information content (AvgIpc) is 3.90. The first-order valence-electron chi connectivity index (χ1n) is 19.1. The Morgan fingerprint density at radius 3 is 1.50 bits per heavy atom. The van der Waals surface area contributed by atoms with Crippen LogP contribution in [0.2, 0.25) is 5.02 Å². The molecule has 0 fully saturated rings. The molecule has 0 aliphatic heterocycles. The molecule has 0 amide bonds. The van der Waals surface area contributed by atoms with Crippen LogP contribution in [0.4, 0.5) is 4.39 Å². The Bertz CT molecular complexity index is 2680. The van der Waals surface area contributed by atoms with Gasteiger partial charge < -0.3 is 9.13 Å². The van der Waals surface area contributed by atoms with Crippen molar-refractivity contribution < 1.29 is 4.39 Å². The molecule has 8 aromatic rings. The molecule has 8 heteroatoms. The van der Waals surface area contributed by atoms with Gasteiger partial charge in [0.15, 0.2) is 0 Å². The third kappa shape index (κ3) is 9.84. The molecule has 0 bridgehead atoms. The van der Waals surface area contributed by atoms with Gasteiger partial charge in [0.1, 0.15) is 5.82 Å². The predicted octanol–water partition coefficient (Wildman–Crippen LogP) is 11.5. The molecule has 2 heterocycles. The summed E-state index contributed by atoms with van der Waals surface area (Å²) in [5.41, 5.74) is 14.0. The monoisotopic (exact) mass is 778 g/mol. The van der Waals surface area contributed by atoms with Gasteiger partial charge in [-0.2, -0.15) is 10.5 Å². The van der Waals surface area contributed by atoms with Crippen molar-refractivity contribution >= 4 is 11.6 Å². The zero-order valence-corrected chi connectivity index (χ0v) is 32.8. The number of halogens is 2. The molecule has 2 aromatic heterocycles. The van der Waals surface area contributed by atoms with Crippen LogP contribution >= 0.6 is 11.6 Å². The van der Waals surface area contributed by atoms with Crippen molar-refractivity contribution in [2.45, 2.75) is 39.3 Å². The number of hydrogen-bond acceptors (Lipinski definition) is 4. The first kappa shape index (κ1) is 39.2. The first-order valence-corrected chi connectivity index (χ1v) is 19.4. The Kier molecular flexibility index (Phi) is 12.6. The number of aryl methyl sites for hydroxylation is 1. The molecule has 0 aliphatic rings. The Balaban J connectivity index is 0.000000177. The summed E-state index contributed by atoms with van der Waals surface area (Å²) in [5.74, 6) is -0.342. The lowest BCUT2D eigenvalue weighted by Crippen LogP contribution is -2.04. The highest BCUT2D eigenvalue weighted by atomic mass is 35.5. The van der Waals surface area contributed by atoms with Crippen LogP contribution in [-0.4, -0.2) is 19.1 Å². The van der Waals surface area contributed by atoms with Crippen molar-refractivity contribution in [3.63, 3.8) is 0 Å². The van der Waals surface area contributed by atoms with E-state index in [9.17, 15) is 4.39 Å². The molecular formula is C50H40ClFN6. The molecule has 0 saturated carbocycles. The highest BCUT2D eigenvalue weighted by Gasteiger charge is 2.09. The second-order valence-corrected chi connectivity index (χ2v) is 14.4. The van der Waals surface area contributed by atoms with Crippen LogP contribution < -0.4 is 0 Å². The van der Waals surface area contributed by atoms with Crippen LogP contribution in [0, 0.1) is 28.5 Å². The smallest absolute Gasteiger partial charge is 0.124 e. The number of aromatic nitrogens is 4. The summed E-state index contributed by atoms with van der Waals surface area (Å²) >= 11 is 6.17. The van der Waals surface area contributed by atoms with Crippen LogP contribution in [0.15, 0.2) is 165 Å². The van der Waals surface area contributed by atoms with Crippen LogP contribution in [0.3, 0.4) is 0 Å². The largest absolute Gasteiger partial charge is 0.330 e. The predicted molar refractivity (Wildman–Crippen MR) is 229 cm³/mol. The highest BCUT2D eigenvalue weighted by molar-refractivity contribution is 6.33. The van der Waals surface area contributed by atoms with Gasteiger partial charge >= 0.3 is 0 Å². The van der Waals surface area contributed by atoms with Crippen LogP contribution in [0.25, 0.3) is 22.3 Å². The van der Waals surface area contributed by atoms with Gasteiger partial charge in [0.25, 0.3) is 0 Å². The summed E-state index contributed by atoms with van der Waals surface area (Å²) < 4.78 is 17.6. The van der Waals surface area contributed by atoms with Gasteiger partial charge in [0.05, 0.1) is 40.9 Å². The standard InChI is InChI=1S/C26H23N3.C24H17ClFN3/c1-2-23-5-3-4-6-26(23)24-13-11-22(12-14-24)18-29-19-28-17-25(29)15-20-7-9-21(16-27)10-8-20;25-24-12-21(26)9-10-23(24)20-7-5-19(6-8-20)15-29-16-28-14-22(29)11-17-1-3-18(13-27)4-2-17/h3-14,17,19H,2,15,18H2,1H3;1-10,12,14,16H,11,15H2. The molecule has 58 heavy (non-hydrogen) atoms. The topological polar surface area (TPSA) is 83.2 Å². The van der Waals surface area contributed by atoms with E-state index in [1.54, 1.807) is 6.07 Å². The Hall–Kier alpha value is -7.06. The van der Waals surface area contributed by atoms with Crippen LogP contribution in [-0.2, 0) is 32.4 Å². The van der Waals surface area contributed by atoms with Gasteiger partial charge in [-0.05, 0) is 93.4 Å². The molecule has 0 aliphatic carbocycles. The molecule has 0 N–H and O–H groups in total. The van der Waals surface area contributed by atoms with Gasteiger partial charge in [-0.15, -0.1) is 0 Å². The normalized spacial score (nSPS) is 10.6. The number of hydrogen-bond donors (Lipinski definition) is 0. The van der Waals surface area contributed by atoms with E-state index in [4.69, 9.17) is 22.1 Å². The molecular weight excluding hydrogens is 739 g/mol. The molecule has 0 radical (unpaired) electrons. The summed E-state index contributed by atoms with van der Waals surface area (Å²) in [4.78, 5) is 8.64. The summed E-state index contributed by atoms with van der Waals surface area (Å²) in [5, 5.41) is 18.3. The van der Waals surface area contributed by atoms with Crippen molar-refractivity contribution in [3.05, 3.63) is 226 Å². The number of benzene rings is 6. The molecule has 6 aromatic carbocycles. The lowest BCUT2D eigenvalue weighted by Gasteiger charge is -2.11. The molecule has 8 rings (SSSR count). The molecule has 6 nitrogen and oxygen atoms in total. The second-order valence-electron chi connectivity index (χ2n) is 14.0. The SMILES string of the molecule is CCc1ccccc1-c1ccc(Cn2cncc2Cc2ccc(C#N)cc2)cc1.N#Cc1ccc(Cc2cncn2Cc2ccc(-c3ccc(F)cc3Cl)cc2)cc1. The van der Waals surface area contributed by atoms with E-state index in [0.29, 0.717) is 22.7 Å². The summed E-state index contributed by atoms with van der Waals surface area (Å²) in [6.45, 7) is 3.69. The minimum Gasteiger partial charge on any atom is -0.330 e. The summed E-state index contributed by atoms with van der Waals surface area (Å²) in [7, 11) is 0. The third-order valence-corrected chi connectivity index (χ3v) is 10.4. The minimum atomic E-state index is -0.342. The van der Waals surface area contributed by atoms with E-state index >= 15 is 0 Å². The summed E-state index contributed by atoms with van der Waals surface area (Å²) in [6.07, 6.45) is 10.1. The zero-order chi connectivity index (χ0) is 40.3. The Labute approximate surface area is 343 Å². The van der Waals surface area contributed by atoms with Crippen LogP contribution in [0.1, 0.15) is 57.3 Å². The van der Waals surface area contributed by atoms with Crippen molar-refractivity contribution in [1.82, 2.24) is 19.1 Å². The molecule has 0 atom stereocenters. The van der Waals surface area contributed by atoms with Gasteiger partial charge in [0.2, 0.25) is 0 Å². The number of rotatable bonds is 11. The maximum atomic E-state index is 13.3. The lowest BCUT2D eigenvalue weighted by atomic mass is 9.97. The van der Waals surface area contributed by atoms with Crippen molar-refractivity contribution in [1.29, 1.82) is 10.5 Å². The molecule has 0 saturated heterocycles. The Morgan fingerprint density at radius 1 is 0.569 bits per heavy atom. The quantitative estimate of drug-likeness (QED) is 0.131. The van der Waals surface area contributed by atoms with Gasteiger partial charge in [-0.1, -0.05) is 116 Å². The van der Waals surface area contributed by atoms with Crippen molar-refractivity contribution in [2.24, 2.45) is 0 Å². The van der Waals surface area contributed by atoms with E-state index in [0.717, 1.165) is 59.4 Å². The Morgan fingerprint density at radius 2 is 1.03 bits per heavy atom. The fourth-order valence-corrected chi connectivity index (χ4v) is 7.17. The molecule has 0 spiro atoms. The average molecular weight is 779 g/mol. The van der Waals surface area contributed by atoms with E-state index in [1.807, 2.05) is 97.8 Å². The minimum absolute atomic E-state index is 0.342. The van der Waals surface area contributed by atoms with Crippen molar-refractivity contribution in [2.75, 3.05) is 0 Å². The molecule has 0 unspecified atom stereocenters. The van der Waals surface area contributed by atoms with Gasteiger partial charge in [0, 0.05) is 55.3 Å². The second kappa shape index (κ2) is 18.7. The number of nitriles is 2. The maximum absolute atomic E-state index is 13.3. The maximum Gasteiger partial charge on any atom is 0.124 e. The van der Waals surface area contributed by atoms with Crippen molar-refractivity contribution in [3.8, 4) is 34.4 Å². The molecule has 284 valence electrons. The van der Waals surface area contributed by atoms with Crippen LogP contribution in [0.5, 0.6) is 0 Å². The first-order chi connectivity index (χ1) is 28.4. The third-order valence-electron chi connectivity index (χ3n) is 10.1. The number of nitrogens with zero attached hydrogens (tertiary/aromatic N) is 6. The number of imidazole rings is 2. The van der Waals surface area contributed by atoms with E-state index in [2.05, 4.69) is 86.7 Å². The highest BCUT2D eigenvalue weighted by Crippen LogP contribution is 2.29. The summed E-state index contributed by atoms with van der Waals surface area (Å²) in [6, 6.07) is 49.6. The zero-order valence-electron chi connectivity index (χ0n) is 32.1. The fourth-order valence-electron chi connectivity index (χ4n) is 6.89. The lowest BCUT2D eigenvalue weighted by molar-refractivity contribution is 0.628. The van der Waals surface area contributed by atoms with E-state index in [1.165, 1.54) is 39.9 Å².